The SMILES string of the molecule is COc1ccnc(CS(=O)c2ccc(C(=O)O)o2)c1OC. The number of ether oxygens (including phenoxy) is 2. The zero-order valence-electron chi connectivity index (χ0n) is 11.4. The highest BCUT2D eigenvalue weighted by atomic mass is 32.2. The van der Waals surface area contributed by atoms with Crippen molar-refractivity contribution < 1.29 is 28.0 Å². The van der Waals surface area contributed by atoms with E-state index in [9.17, 15) is 9.00 Å². The van der Waals surface area contributed by atoms with Crippen molar-refractivity contribution in [1.82, 2.24) is 4.98 Å². The van der Waals surface area contributed by atoms with Crippen LogP contribution >= 0.6 is 0 Å². The minimum atomic E-state index is -1.58. The van der Waals surface area contributed by atoms with Crippen molar-refractivity contribution in [3.8, 4) is 11.5 Å². The summed E-state index contributed by atoms with van der Waals surface area (Å²) in [6.07, 6.45) is 1.51. The minimum Gasteiger partial charge on any atom is -0.493 e. The summed E-state index contributed by atoms with van der Waals surface area (Å²) in [4.78, 5) is 14.8. The molecule has 0 amide bonds. The van der Waals surface area contributed by atoms with E-state index in [-0.39, 0.29) is 16.6 Å². The standard InChI is InChI=1S/C13H13NO6S/c1-18-9-5-6-14-8(12(9)19-2)7-21(17)11-4-3-10(20-11)13(15)16/h3-6H,7H2,1-2H3,(H,15,16). The Bertz CT molecular complexity index is 681. The van der Waals surface area contributed by atoms with E-state index in [0.717, 1.165) is 0 Å². The predicted octanol–water partition coefficient (Wildman–Crippen LogP) is 1.70. The lowest BCUT2D eigenvalue weighted by Crippen LogP contribution is -2.03. The molecular formula is C13H13NO6S. The van der Waals surface area contributed by atoms with Crippen molar-refractivity contribution in [3.63, 3.8) is 0 Å². The highest BCUT2D eigenvalue weighted by Crippen LogP contribution is 2.30. The maximum atomic E-state index is 12.2. The predicted molar refractivity (Wildman–Crippen MR) is 73.1 cm³/mol. The first-order chi connectivity index (χ1) is 10.1. The molecule has 112 valence electrons. The van der Waals surface area contributed by atoms with Crippen molar-refractivity contribution in [1.29, 1.82) is 0 Å². The van der Waals surface area contributed by atoms with Crippen LogP contribution in [0.5, 0.6) is 11.5 Å². The van der Waals surface area contributed by atoms with Crippen LogP contribution in [0.2, 0.25) is 0 Å². The molecule has 0 aliphatic carbocycles. The molecule has 0 spiro atoms. The van der Waals surface area contributed by atoms with Gasteiger partial charge in [-0.3, -0.25) is 9.19 Å². The molecular weight excluding hydrogens is 298 g/mol. The highest BCUT2D eigenvalue weighted by Gasteiger charge is 2.18. The monoisotopic (exact) mass is 311 g/mol. The number of carboxylic acids is 1. The second-order valence-corrected chi connectivity index (χ2v) is 5.29. The summed E-state index contributed by atoms with van der Waals surface area (Å²) >= 11 is 0. The Labute approximate surface area is 123 Å². The molecule has 2 heterocycles. The Morgan fingerprint density at radius 1 is 1.33 bits per heavy atom. The number of hydrogen-bond acceptors (Lipinski definition) is 6. The van der Waals surface area contributed by atoms with Gasteiger partial charge < -0.3 is 19.0 Å². The van der Waals surface area contributed by atoms with Crippen LogP contribution < -0.4 is 9.47 Å². The Kier molecular flexibility index (Phi) is 4.59. The summed E-state index contributed by atoms with van der Waals surface area (Å²) in [5.41, 5.74) is 0.434. The van der Waals surface area contributed by atoms with Crippen molar-refractivity contribution in [3.05, 3.63) is 35.9 Å². The molecule has 0 saturated heterocycles. The molecule has 8 heteroatoms. The maximum Gasteiger partial charge on any atom is 0.371 e. The Balaban J connectivity index is 2.24. The number of methoxy groups -OCH3 is 2. The van der Waals surface area contributed by atoms with Gasteiger partial charge >= 0.3 is 5.97 Å². The maximum absolute atomic E-state index is 12.2. The number of pyridine rings is 1. The van der Waals surface area contributed by atoms with Crippen LogP contribution in [0.3, 0.4) is 0 Å². The van der Waals surface area contributed by atoms with Gasteiger partial charge in [0.05, 0.1) is 36.5 Å². The summed E-state index contributed by atoms with van der Waals surface area (Å²) in [5, 5.41) is 8.85. The van der Waals surface area contributed by atoms with Crippen molar-refractivity contribution in [2.75, 3.05) is 14.2 Å². The zero-order valence-corrected chi connectivity index (χ0v) is 12.2. The first-order valence-electron chi connectivity index (χ1n) is 5.84. The van der Waals surface area contributed by atoms with E-state index in [1.807, 2.05) is 0 Å². The molecule has 0 aliphatic rings. The van der Waals surface area contributed by atoms with Gasteiger partial charge in [0.2, 0.25) is 5.76 Å². The minimum absolute atomic E-state index is 0.0208. The van der Waals surface area contributed by atoms with Crippen LogP contribution in [0.15, 0.2) is 33.9 Å². The molecule has 2 aromatic heterocycles. The molecule has 1 N–H and O–H groups in total. The molecule has 0 saturated carbocycles. The summed E-state index contributed by atoms with van der Waals surface area (Å²) < 4.78 is 27.6. The first-order valence-corrected chi connectivity index (χ1v) is 7.16. The van der Waals surface area contributed by atoms with Gasteiger partial charge in [-0.05, 0) is 12.1 Å². The Morgan fingerprint density at radius 2 is 2.10 bits per heavy atom. The summed E-state index contributed by atoms with van der Waals surface area (Å²) in [6.45, 7) is 0. The molecule has 2 rings (SSSR count). The summed E-state index contributed by atoms with van der Waals surface area (Å²) in [6, 6.07) is 4.25. The lowest BCUT2D eigenvalue weighted by atomic mass is 10.3. The number of furan rings is 1. The molecule has 21 heavy (non-hydrogen) atoms. The fourth-order valence-electron chi connectivity index (χ4n) is 1.71. The van der Waals surface area contributed by atoms with Gasteiger partial charge in [0.15, 0.2) is 16.6 Å². The quantitative estimate of drug-likeness (QED) is 0.866. The summed E-state index contributed by atoms with van der Waals surface area (Å²) in [7, 11) is 1.37. The van der Waals surface area contributed by atoms with Crippen LogP contribution in [0, 0.1) is 0 Å². The van der Waals surface area contributed by atoms with Gasteiger partial charge in [0.25, 0.3) is 0 Å². The first kappa shape index (κ1) is 15.0. The van der Waals surface area contributed by atoms with Gasteiger partial charge in [-0.1, -0.05) is 0 Å². The van der Waals surface area contributed by atoms with E-state index in [4.69, 9.17) is 19.0 Å². The lowest BCUT2D eigenvalue weighted by molar-refractivity contribution is 0.0656. The van der Waals surface area contributed by atoms with E-state index in [0.29, 0.717) is 17.2 Å². The lowest BCUT2D eigenvalue weighted by Gasteiger charge is -2.10. The molecule has 0 aliphatic heterocycles. The molecule has 2 aromatic rings. The van der Waals surface area contributed by atoms with E-state index in [2.05, 4.69) is 4.98 Å². The largest absolute Gasteiger partial charge is 0.493 e. The average molecular weight is 311 g/mol. The second kappa shape index (κ2) is 6.40. The van der Waals surface area contributed by atoms with Crippen molar-refractivity contribution in [2.24, 2.45) is 0 Å². The molecule has 0 radical (unpaired) electrons. The van der Waals surface area contributed by atoms with Crippen molar-refractivity contribution >= 4 is 16.8 Å². The topological polar surface area (TPSA) is 98.9 Å². The fraction of sp³-hybridized carbons (Fsp3) is 0.231. The number of carboxylic acid groups (broad SMARTS) is 1. The van der Waals surface area contributed by atoms with E-state index in [1.165, 1.54) is 32.5 Å². The third-order valence-corrected chi connectivity index (χ3v) is 3.85. The third-order valence-electron chi connectivity index (χ3n) is 2.65. The van der Waals surface area contributed by atoms with Crippen LogP contribution in [0.25, 0.3) is 0 Å². The normalized spacial score (nSPS) is 11.9. The Hall–Kier alpha value is -2.35. The highest BCUT2D eigenvalue weighted by molar-refractivity contribution is 7.84. The number of rotatable bonds is 6. The number of carbonyl (C=O) groups is 1. The number of aromatic carboxylic acids is 1. The number of hydrogen-bond donors (Lipinski definition) is 1. The van der Waals surface area contributed by atoms with Gasteiger partial charge in [0, 0.05) is 12.3 Å². The van der Waals surface area contributed by atoms with Gasteiger partial charge in [-0.15, -0.1) is 0 Å². The molecule has 1 atom stereocenters. The number of nitrogens with zero attached hydrogens (tertiary/aromatic N) is 1. The molecule has 0 aromatic carbocycles. The van der Waals surface area contributed by atoms with Crippen LogP contribution in [0.4, 0.5) is 0 Å². The fourth-order valence-corrected chi connectivity index (χ4v) is 2.70. The average Bonchev–Trinajstić information content (AvgIpc) is 2.97. The zero-order chi connectivity index (χ0) is 15.4. The van der Waals surface area contributed by atoms with Gasteiger partial charge in [-0.2, -0.15) is 0 Å². The van der Waals surface area contributed by atoms with Crippen LogP contribution in [0.1, 0.15) is 16.2 Å². The Morgan fingerprint density at radius 3 is 2.67 bits per heavy atom. The molecule has 1 unspecified atom stereocenters. The smallest absolute Gasteiger partial charge is 0.371 e. The van der Waals surface area contributed by atoms with Crippen LogP contribution in [-0.2, 0) is 16.6 Å². The van der Waals surface area contributed by atoms with E-state index < -0.39 is 16.8 Å². The van der Waals surface area contributed by atoms with E-state index >= 15 is 0 Å². The molecule has 7 nitrogen and oxygen atoms in total. The van der Waals surface area contributed by atoms with Crippen LogP contribution in [-0.4, -0.2) is 34.5 Å². The second-order valence-electron chi connectivity index (χ2n) is 3.91. The van der Waals surface area contributed by atoms with E-state index in [1.54, 1.807) is 6.07 Å². The molecule has 0 fully saturated rings. The van der Waals surface area contributed by atoms with Gasteiger partial charge in [-0.25, -0.2) is 4.79 Å². The van der Waals surface area contributed by atoms with Crippen molar-refractivity contribution in [2.45, 2.75) is 10.8 Å². The third kappa shape index (κ3) is 3.22. The number of aromatic nitrogens is 1. The summed E-state index contributed by atoms with van der Waals surface area (Å²) in [5.74, 6) is -0.588. The molecule has 0 bridgehead atoms. The van der Waals surface area contributed by atoms with Gasteiger partial charge in [0.1, 0.15) is 0 Å².